The molecule has 0 fully saturated rings. The normalized spacial score (nSPS) is 9.91. The molecule has 7 heteroatoms. The smallest absolute Gasteiger partial charge is 0.264 e. The largest absolute Gasteiger partial charge is 0.483 e. The van der Waals surface area contributed by atoms with E-state index < -0.39 is 0 Å². The highest BCUT2D eigenvalue weighted by molar-refractivity contribution is 9.10. The van der Waals surface area contributed by atoms with Crippen molar-refractivity contribution >= 4 is 45.0 Å². The number of hydrogen-bond donors (Lipinski definition) is 2. The molecule has 22 heavy (non-hydrogen) atoms. The van der Waals surface area contributed by atoms with E-state index in [9.17, 15) is 4.79 Å². The van der Waals surface area contributed by atoms with E-state index in [1.54, 1.807) is 24.4 Å². The van der Waals surface area contributed by atoms with Crippen LogP contribution in [0, 0.1) is 6.92 Å². The van der Waals surface area contributed by atoms with E-state index in [1.807, 2.05) is 25.1 Å². The number of thiocarbonyl (C=S) groups is 1. The zero-order valence-corrected chi connectivity index (χ0v) is 14.2. The fraction of sp³-hybridized carbons (Fsp3) is 0.133. The summed E-state index contributed by atoms with van der Waals surface area (Å²) in [6, 6.07) is 10.9. The molecule has 0 unspecified atom stereocenters. The van der Waals surface area contributed by atoms with Crippen LogP contribution in [0.1, 0.15) is 5.56 Å². The molecular weight excluding hydrogens is 366 g/mol. The maximum Gasteiger partial charge on any atom is 0.264 e. The monoisotopic (exact) mass is 379 g/mol. The Morgan fingerprint density at radius 1 is 1.36 bits per heavy atom. The summed E-state index contributed by atoms with van der Waals surface area (Å²) in [6.07, 6.45) is 1.63. The molecule has 0 atom stereocenters. The Morgan fingerprint density at radius 2 is 2.18 bits per heavy atom. The summed E-state index contributed by atoms with van der Waals surface area (Å²) >= 11 is 8.42. The Bertz CT molecular complexity index is 680. The molecule has 0 saturated carbocycles. The van der Waals surface area contributed by atoms with Crippen LogP contribution in [0.2, 0.25) is 0 Å². The maximum absolute atomic E-state index is 11.8. The minimum atomic E-state index is -0.337. The molecule has 0 aliphatic carbocycles. The van der Waals surface area contributed by atoms with Crippen LogP contribution >= 0.6 is 28.1 Å². The van der Waals surface area contributed by atoms with Crippen molar-refractivity contribution < 1.29 is 9.53 Å². The van der Waals surface area contributed by atoms with Gasteiger partial charge in [0, 0.05) is 10.7 Å². The van der Waals surface area contributed by atoms with Gasteiger partial charge in [0.2, 0.25) is 0 Å². The second kappa shape index (κ2) is 7.86. The average Bonchev–Trinajstić information content (AvgIpc) is 2.47. The third-order valence-corrected chi connectivity index (χ3v) is 3.35. The zero-order chi connectivity index (χ0) is 15.9. The topological polar surface area (TPSA) is 63.2 Å². The summed E-state index contributed by atoms with van der Waals surface area (Å²) in [6.45, 7) is 1.79. The van der Waals surface area contributed by atoms with Crippen LogP contribution in [0.4, 0.5) is 5.82 Å². The minimum Gasteiger partial charge on any atom is -0.483 e. The number of benzene rings is 1. The number of ether oxygens (including phenoxy) is 1. The van der Waals surface area contributed by atoms with Gasteiger partial charge in [0.25, 0.3) is 5.91 Å². The van der Waals surface area contributed by atoms with Crippen molar-refractivity contribution in [3.05, 3.63) is 52.6 Å². The summed E-state index contributed by atoms with van der Waals surface area (Å²) in [5.41, 5.74) is 0.941. The molecule has 2 N–H and O–H groups in total. The van der Waals surface area contributed by atoms with Gasteiger partial charge in [-0.15, -0.1) is 0 Å². The fourth-order valence-electron chi connectivity index (χ4n) is 1.67. The van der Waals surface area contributed by atoms with Gasteiger partial charge in [-0.2, -0.15) is 0 Å². The molecule has 0 aliphatic rings. The first-order valence-corrected chi connectivity index (χ1v) is 7.65. The minimum absolute atomic E-state index is 0.119. The van der Waals surface area contributed by atoms with Gasteiger partial charge in [-0.25, -0.2) is 4.98 Å². The number of aryl methyl sites for hydroxylation is 1. The van der Waals surface area contributed by atoms with E-state index in [4.69, 9.17) is 17.0 Å². The summed E-state index contributed by atoms with van der Waals surface area (Å²) < 4.78 is 6.43. The first-order valence-electron chi connectivity index (χ1n) is 6.45. The van der Waals surface area contributed by atoms with Crippen LogP contribution < -0.4 is 15.4 Å². The van der Waals surface area contributed by atoms with E-state index in [1.165, 1.54) is 0 Å². The molecule has 1 aromatic heterocycles. The van der Waals surface area contributed by atoms with Crippen molar-refractivity contribution in [1.82, 2.24) is 10.3 Å². The molecule has 0 bridgehead atoms. The van der Waals surface area contributed by atoms with E-state index >= 15 is 0 Å². The van der Waals surface area contributed by atoms with Gasteiger partial charge >= 0.3 is 0 Å². The lowest BCUT2D eigenvalue weighted by atomic mass is 10.2. The summed E-state index contributed by atoms with van der Waals surface area (Å²) in [5.74, 6) is 0.884. The van der Waals surface area contributed by atoms with Gasteiger partial charge in [-0.1, -0.05) is 22.0 Å². The van der Waals surface area contributed by atoms with E-state index in [2.05, 4.69) is 31.5 Å². The van der Waals surface area contributed by atoms with Gasteiger partial charge in [0.05, 0.1) is 0 Å². The number of nitrogens with zero attached hydrogens (tertiary/aromatic N) is 1. The predicted octanol–water partition coefficient (Wildman–Crippen LogP) is 3.04. The molecule has 0 aliphatic heterocycles. The van der Waals surface area contributed by atoms with Crippen LogP contribution in [0.5, 0.6) is 5.75 Å². The van der Waals surface area contributed by atoms with Gasteiger partial charge < -0.3 is 10.1 Å². The van der Waals surface area contributed by atoms with Crippen LogP contribution in [0.15, 0.2) is 47.1 Å². The molecule has 1 amide bonds. The lowest BCUT2D eigenvalue weighted by Crippen LogP contribution is -2.37. The van der Waals surface area contributed by atoms with Crippen molar-refractivity contribution in [2.75, 3.05) is 11.9 Å². The summed E-state index contributed by atoms with van der Waals surface area (Å²) in [7, 11) is 0. The lowest BCUT2D eigenvalue weighted by molar-refractivity contribution is -0.121. The van der Waals surface area contributed by atoms with Crippen molar-refractivity contribution in [2.45, 2.75) is 6.92 Å². The van der Waals surface area contributed by atoms with Crippen LogP contribution in [0.3, 0.4) is 0 Å². The Morgan fingerprint density at radius 3 is 2.86 bits per heavy atom. The number of aromatic nitrogens is 1. The molecule has 0 spiro atoms. The van der Waals surface area contributed by atoms with Crippen molar-refractivity contribution in [3.8, 4) is 5.75 Å². The van der Waals surface area contributed by atoms with Crippen molar-refractivity contribution in [3.63, 3.8) is 0 Å². The molecule has 0 radical (unpaired) electrons. The van der Waals surface area contributed by atoms with Crippen LogP contribution in [-0.2, 0) is 4.79 Å². The Kier molecular flexibility index (Phi) is 5.85. The number of carbonyl (C=O) groups excluding carboxylic acids is 1. The number of carbonyl (C=O) groups is 1. The predicted molar refractivity (Wildman–Crippen MR) is 93.0 cm³/mol. The molecule has 1 aromatic carbocycles. The van der Waals surface area contributed by atoms with Crippen molar-refractivity contribution in [1.29, 1.82) is 0 Å². The van der Waals surface area contributed by atoms with Crippen LogP contribution in [-0.4, -0.2) is 22.6 Å². The highest BCUT2D eigenvalue weighted by Gasteiger charge is 2.07. The highest BCUT2D eigenvalue weighted by atomic mass is 79.9. The number of rotatable bonds is 4. The van der Waals surface area contributed by atoms with Gasteiger partial charge in [0.1, 0.15) is 11.6 Å². The van der Waals surface area contributed by atoms with E-state index in [0.717, 1.165) is 10.0 Å². The van der Waals surface area contributed by atoms with Crippen molar-refractivity contribution in [2.24, 2.45) is 0 Å². The van der Waals surface area contributed by atoms with Crippen LogP contribution in [0.25, 0.3) is 0 Å². The molecule has 2 rings (SSSR count). The number of nitrogens with one attached hydrogen (secondary N) is 2. The second-order valence-corrected chi connectivity index (χ2v) is 5.74. The average molecular weight is 380 g/mol. The number of amides is 1. The van der Waals surface area contributed by atoms with Gasteiger partial charge in [0.15, 0.2) is 11.7 Å². The van der Waals surface area contributed by atoms with E-state index in [0.29, 0.717) is 11.6 Å². The number of halogens is 1. The number of anilines is 1. The SMILES string of the molecule is Cc1cc(Br)ccc1OCC(=O)NC(=S)Nc1ccccn1. The first-order chi connectivity index (χ1) is 10.5. The second-order valence-electron chi connectivity index (χ2n) is 4.42. The maximum atomic E-state index is 11.8. The molecular formula is C15H14BrN3O2S. The Hall–Kier alpha value is -1.99. The summed E-state index contributed by atoms with van der Waals surface area (Å²) in [5, 5.41) is 5.53. The van der Waals surface area contributed by atoms with E-state index in [-0.39, 0.29) is 17.6 Å². The quantitative estimate of drug-likeness (QED) is 0.799. The highest BCUT2D eigenvalue weighted by Crippen LogP contribution is 2.21. The van der Waals surface area contributed by atoms with Gasteiger partial charge in [-0.05, 0) is 55.0 Å². The molecule has 5 nitrogen and oxygen atoms in total. The number of pyridine rings is 1. The lowest BCUT2D eigenvalue weighted by Gasteiger charge is -2.11. The third-order valence-electron chi connectivity index (χ3n) is 2.66. The standard InChI is InChI=1S/C15H14BrN3O2S/c1-10-8-11(16)5-6-12(10)21-9-14(20)19-15(22)18-13-4-2-3-7-17-13/h2-8H,9H2,1H3,(H2,17,18,19,20,22). The summed E-state index contributed by atoms with van der Waals surface area (Å²) in [4.78, 5) is 15.9. The molecule has 2 aromatic rings. The Labute approximate surface area is 142 Å². The molecule has 1 heterocycles. The molecule has 114 valence electrons. The zero-order valence-electron chi connectivity index (χ0n) is 11.8. The third kappa shape index (κ3) is 5.09. The fourth-order valence-corrected chi connectivity index (χ4v) is 2.36. The first kappa shape index (κ1) is 16.4. The number of hydrogen-bond acceptors (Lipinski definition) is 4. The molecule has 0 saturated heterocycles. The van der Waals surface area contributed by atoms with Gasteiger partial charge in [-0.3, -0.25) is 10.1 Å². The Balaban J connectivity index is 1.81.